The lowest BCUT2D eigenvalue weighted by atomic mass is 9.82. The van der Waals surface area contributed by atoms with Crippen LogP contribution in [0.1, 0.15) is 60.4 Å². The molecule has 2 aromatic carbocycles. The van der Waals surface area contributed by atoms with Crippen molar-refractivity contribution in [2.75, 3.05) is 20.1 Å². The van der Waals surface area contributed by atoms with Gasteiger partial charge in [-0.1, -0.05) is 43.6 Å². The highest BCUT2D eigenvalue weighted by Gasteiger charge is 2.25. The smallest absolute Gasteiger partial charge is 0.163 e. The molecule has 5 heteroatoms. The van der Waals surface area contributed by atoms with E-state index in [4.69, 9.17) is 11.6 Å². The van der Waals surface area contributed by atoms with E-state index >= 15 is 0 Å². The summed E-state index contributed by atoms with van der Waals surface area (Å²) in [5, 5.41) is 13.5. The Labute approximate surface area is 172 Å². The van der Waals surface area contributed by atoms with Crippen molar-refractivity contribution in [2.45, 2.75) is 51.9 Å². The molecule has 0 bridgehead atoms. The maximum absolute atomic E-state index is 11.3. The third-order valence-electron chi connectivity index (χ3n) is 5.99. The average molecular weight is 401 g/mol. The third kappa shape index (κ3) is 4.08. The van der Waals surface area contributed by atoms with Crippen molar-refractivity contribution in [3.05, 3.63) is 62.0 Å². The number of halogens is 1. The first kappa shape index (κ1) is 20.8. The Bertz CT molecular complexity index is 866. The van der Waals surface area contributed by atoms with Gasteiger partial charge in [-0.15, -0.1) is 4.91 Å². The van der Waals surface area contributed by atoms with Crippen molar-refractivity contribution in [1.82, 2.24) is 4.90 Å². The van der Waals surface area contributed by atoms with E-state index in [-0.39, 0.29) is 22.4 Å². The molecular weight excluding hydrogens is 372 g/mol. The highest BCUT2D eigenvalue weighted by molar-refractivity contribution is 6.33. The number of phenols is 1. The van der Waals surface area contributed by atoms with Crippen LogP contribution < -0.4 is 0 Å². The van der Waals surface area contributed by atoms with Crippen molar-refractivity contribution in [1.29, 1.82) is 0 Å². The van der Waals surface area contributed by atoms with Crippen LogP contribution in [-0.4, -0.2) is 30.1 Å². The fraction of sp³-hybridized carbons (Fsp3) is 0.478. The first-order valence-electron chi connectivity index (χ1n) is 10.2. The molecule has 0 amide bonds. The molecule has 2 aromatic rings. The fourth-order valence-electron chi connectivity index (χ4n) is 4.22. The summed E-state index contributed by atoms with van der Waals surface area (Å²) in [7, 11) is 2.10. The molecule has 0 saturated carbocycles. The Hall–Kier alpha value is -1.91. The van der Waals surface area contributed by atoms with E-state index in [2.05, 4.69) is 42.2 Å². The van der Waals surface area contributed by atoms with Gasteiger partial charge in [-0.25, -0.2) is 0 Å². The molecule has 0 spiro atoms. The van der Waals surface area contributed by atoms with Crippen molar-refractivity contribution >= 4 is 17.3 Å². The van der Waals surface area contributed by atoms with Crippen LogP contribution in [0.15, 0.2) is 29.4 Å². The molecule has 1 N–H and O–H groups in total. The Morgan fingerprint density at radius 2 is 1.89 bits per heavy atom. The standard InChI is InChI=1S/C23H29ClN2O2/c1-4-18-19(13-21(25-28)23(27)22(18)24)20(14-26(3)5-2)17-11-10-15-8-6-7-9-16(15)12-17/h10-13,20,27H,4-9,14H2,1-3H3. The monoisotopic (exact) mass is 400 g/mol. The van der Waals surface area contributed by atoms with E-state index in [9.17, 15) is 10.0 Å². The zero-order valence-corrected chi connectivity index (χ0v) is 17.7. The van der Waals surface area contributed by atoms with Crippen LogP contribution in [0.5, 0.6) is 5.75 Å². The van der Waals surface area contributed by atoms with Crippen LogP contribution in [0.2, 0.25) is 5.02 Å². The Morgan fingerprint density at radius 1 is 1.18 bits per heavy atom. The summed E-state index contributed by atoms with van der Waals surface area (Å²) in [6.45, 7) is 5.88. The molecule has 3 rings (SSSR count). The number of aryl methyl sites for hydroxylation is 2. The van der Waals surface area contributed by atoms with E-state index in [0.717, 1.165) is 37.1 Å². The van der Waals surface area contributed by atoms with Crippen LogP contribution >= 0.6 is 11.6 Å². The summed E-state index contributed by atoms with van der Waals surface area (Å²) in [6.07, 6.45) is 5.45. The van der Waals surface area contributed by atoms with E-state index in [1.807, 2.05) is 6.92 Å². The number of nitrogens with zero attached hydrogens (tertiary/aromatic N) is 2. The Morgan fingerprint density at radius 3 is 2.54 bits per heavy atom. The second-order valence-electron chi connectivity index (χ2n) is 7.71. The molecule has 0 aromatic heterocycles. The lowest BCUT2D eigenvalue weighted by Gasteiger charge is -2.28. The van der Waals surface area contributed by atoms with Gasteiger partial charge in [-0.2, -0.15) is 0 Å². The molecule has 0 fully saturated rings. The number of benzene rings is 2. The van der Waals surface area contributed by atoms with Gasteiger partial charge in [-0.3, -0.25) is 0 Å². The summed E-state index contributed by atoms with van der Waals surface area (Å²) in [5.41, 5.74) is 6.00. The highest BCUT2D eigenvalue weighted by Crippen LogP contribution is 2.43. The molecule has 4 nitrogen and oxygen atoms in total. The number of nitroso groups, excluding NO2 is 1. The summed E-state index contributed by atoms with van der Waals surface area (Å²) in [6, 6.07) is 8.53. The van der Waals surface area contributed by atoms with Crippen molar-refractivity contribution in [3.63, 3.8) is 0 Å². The van der Waals surface area contributed by atoms with Crippen LogP contribution in [0.3, 0.4) is 0 Å². The van der Waals surface area contributed by atoms with E-state index in [0.29, 0.717) is 6.42 Å². The predicted molar refractivity (Wildman–Crippen MR) is 116 cm³/mol. The quantitative estimate of drug-likeness (QED) is 0.582. The SMILES string of the molecule is CCc1c(C(CN(C)CC)c2ccc3c(c2)CCCC3)cc(N=O)c(O)c1Cl. The number of phenolic OH excluding ortho intramolecular Hbond substituents is 1. The van der Waals surface area contributed by atoms with Crippen molar-refractivity contribution in [3.8, 4) is 5.75 Å². The molecule has 1 unspecified atom stereocenters. The van der Waals surface area contributed by atoms with Gasteiger partial charge < -0.3 is 10.0 Å². The zero-order valence-electron chi connectivity index (χ0n) is 17.0. The average Bonchev–Trinajstić information content (AvgIpc) is 2.73. The minimum Gasteiger partial charge on any atom is -0.504 e. The van der Waals surface area contributed by atoms with Crippen LogP contribution in [0, 0.1) is 4.91 Å². The van der Waals surface area contributed by atoms with Gasteiger partial charge in [0.05, 0.1) is 5.02 Å². The largest absolute Gasteiger partial charge is 0.504 e. The van der Waals surface area contributed by atoms with Gasteiger partial charge in [0.25, 0.3) is 0 Å². The lowest BCUT2D eigenvalue weighted by molar-refractivity contribution is 0.340. The molecule has 0 aliphatic heterocycles. The molecule has 1 aliphatic carbocycles. The van der Waals surface area contributed by atoms with Gasteiger partial charge >= 0.3 is 0 Å². The molecule has 0 heterocycles. The van der Waals surface area contributed by atoms with E-state index in [1.165, 1.54) is 29.5 Å². The van der Waals surface area contributed by atoms with Crippen molar-refractivity contribution < 1.29 is 5.11 Å². The van der Waals surface area contributed by atoms with E-state index in [1.54, 1.807) is 6.07 Å². The van der Waals surface area contributed by atoms with Gasteiger partial charge in [0.2, 0.25) is 0 Å². The zero-order chi connectivity index (χ0) is 20.3. The molecule has 0 radical (unpaired) electrons. The third-order valence-corrected chi connectivity index (χ3v) is 6.40. The highest BCUT2D eigenvalue weighted by atomic mass is 35.5. The molecule has 150 valence electrons. The van der Waals surface area contributed by atoms with Gasteiger partial charge in [0.15, 0.2) is 11.4 Å². The second-order valence-corrected chi connectivity index (χ2v) is 8.09. The Kier molecular flexibility index (Phi) is 6.73. The maximum atomic E-state index is 11.3. The van der Waals surface area contributed by atoms with Crippen LogP contribution in [-0.2, 0) is 19.3 Å². The number of rotatable bonds is 7. The van der Waals surface area contributed by atoms with Crippen LogP contribution in [0.4, 0.5) is 5.69 Å². The number of hydrogen-bond donors (Lipinski definition) is 1. The number of hydrogen-bond acceptors (Lipinski definition) is 4. The second kappa shape index (κ2) is 9.06. The van der Waals surface area contributed by atoms with Gasteiger partial charge in [0.1, 0.15) is 0 Å². The summed E-state index contributed by atoms with van der Waals surface area (Å²) >= 11 is 6.44. The number of aromatic hydroxyl groups is 1. The minimum atomic E-state index is -0.217. The summed E-state index contributed by atoms with van der Waals surface area (Å²) in [5.74, 6) is -0.156. The maximum Gasteiger partial charge on any atom is 0.163 e. The van der Waals surface area contributed by atoms with Crippen LogP contribution in [0.25, 0.3) is 0 Å². The van der Waals surface area contributed by atoms with E-state index < -0.39 is 0 Å². The molecule has 1 aliphatic rings. The normalized spacial score (nSPS) is 14.8. The number of likely N-dealkylation sites (N-methyl/N-ethyl adjacent to an activating group) is 1. The molecule has 1 atom stereocenters. The minimum absolute atomic E-state index is 0.0133. The fourth-order valence-corrected chi connectivity index (χ4v) is 4.56. The first-order valence-corrected chi connectivity index (χ1v) is 10.6. The Balaban J connectivity index is 2.16. The molecule has 28 heavy (non-hydrogen) atoms. The first-order chi connectivity index (χ1) is 13.5. The predicted octanol–water partition coefficient (Wildman–Crippen LogP) is 5.97. The number of fused-ring (bicyclic) bond motifs is 1. The van der Waals surface area contributed by atoms with Crippen molar-refractivity contribution in [2.24, 2.45) is 5.18 Å². The van der Waals surface area contributed by atoms with Gasteiger partial charge in [0, 0.05) is 12.5 Å². The summed E-state index contributed by atoms with van der Waals surface area (Å²) in [4.78, 5) is 13.5. The van der Waals surface area contributed by atoms with Gasteiger partial charge in [-0.05, 0) is 84.8 Å². The molecule has 0 saturated heterocycles. The summed E-state index contributed by atoms with van der Waals surface area (Å²) < 4.78 is 0. The topological polar surface area (TPSA) is 52.9 Å². The molecular formula is C23H29ClN2O2. The lowest BCUT2D eigenvalue weighted by Crippen LogP contribution is -2.26.